The molecule has 0 aromatic heterocycles. The number of benzene rings is 2. The van der Waals surface area contributed by atoms with Crippen LogP contribution >= 0.6 is 11.8 Å². The minimum Gasteiger partial charge on any atom is -0.372 e. The van der Waals surface area contributed by atoms with Crippen molar-refractivity contribution in [1.29, 1.82) is 0 Å². The Bertz CT molecular complexity index is 891. The molecule has 1 aliphatic rings. The minimum atomic E-state index is -0.419. The first-order valence-electron chi connectivity index (χ1n) is 8.36. The normalized spacial score (nSPS) is 14.7. The molecule has 26 heavy (non-hydrogen) atoms. The van der Waals surface area contributed by atoms with Gasteiger partial charge in [0.15, 0.2) is 0 Å². The van der Waals surface area contributed by atoms with Crippen molar-refractivity contribution >= 4 is 40.8 Å². The number of nitrogens with zero attached hydrogens (tertiary/aromatic N) is 2. The largest absolute Gasteiger partial charge is 0.372 e. The summed E-state index contributed by atoms with van der Waals surface area (Å²) in [7, 11) is 0. The summed E-state index contributed by atoms with van der Waals surface area (Å²) in [5.74, 6) is -0.203. The first-order chi connectivity index (χ1) is 12.5. The van der Waals surface area contributed by atoms with Crippen LogP contribution < -0.4 is 10.2 Å². The molecule has 6 nitrogen and oxygen atoms in total. The number of para-hydroxylation sites is 1. The number of amides is 1. The molecule has 0 fully saturated rings. The predicted molar refractivity (Wildman–Crippen MR) is 106 cm³/mol. The van der Waals surface area contributed by atoms with Crippen LogP contribution in [0.2, 0.25) is 0 Å². The highest BCUT2D eigenvalue weighted by atomic mass is 32.2. The number of nitro benzene ring substituents is 1. The Hall–Kier alpha value is -2.80. The highest BCUT2D eigenvalue weighted by Crippen LogP contribution is 2.39. The lowest BCUT2D eigenvalue weighted by Gasteiger charge is -2.24. The quantitative estimate of drug-likeness (QED) is 0.476. The van der Waals surface area contributed by atoms with E-state index >= 15 is 0 Å². The molecule has 134 valence electrons. The third-order valence-corrected chi connectivity index (χ3v) is 5.29. The van der Waals surface area contributed by atoms with Crippen molar-refractivity contribution in [3.05, 3.63) is 63.0 Å². The topological polar surface area (TPSA) is 75.5 Å². The highest BCUT2D eigenvalue weighted by molar-refractivity contribution is 8.04. The number of carbonyl (C=O) groups excluding carboxylic acids is 1. The van der Waals surface area contributed by atoms with Crippen molar-refractivity contribution in [2.24, 2.45) is 0 Å². The van der Waals surface area contributed by atoms with Gasteiger partial charge in [0, 0.05) is 41.4 Å². The molecule has 7 heteroatoms. The fraction of sp³-hybridized carbons (Fsp3) is 0.211. The molecule has 0 unspecified atom stereocenters. The van der Waals surface area contributed by atoms with E-state index in [9.17, 15) is 14.9 Å². The van der Waals surface area contributed by atoms with Gasteiger partial charge < -0.3 is 10.2 Å². The van der Waals surface area contributed by atoms with Crippen LogP contribution in [0.5, 0.6) is 0 Å². The second kappa shape index (κ2) is 7.61. The first kappa shape index (κ1) is 18.0. The number of anilines is 2. The Morgan fingerprint density at radius 3 is 2.62 bits per heavy atom. The van der Waals surface area contributed by atoms with E-state index in [1.54, 1.807) is 12.1 Å². The number of thioether (sulfide) groups is 1. The summed E-state index contributed by atoms with van der Waals surface area (Å²) in [6.07, 6.45) is 1.73. The zero-order chi connectivity index (χ0) is 18.7. The van der Waals surface area contributed by atoms with E-state index in [1.807, 2.05) is 38.1 Å². The second-order valence-corrected chi connectivity index (χ2v) is 6.82. The zero-order valence-electron chi connectivity index (χ0n) is 14.6. The molecule has 0 aliphatic carbocycles. The Morgan fingerprint density at radius 1 is 1.19 bits per heavy atom. The maximum Gasteiger partial charge on any atom is 0.270 e. The molecule has 0 spiro atoms. The van der Waals surface area contributed by atoms with E-state index in [-0.39, 0.29) is 11.6 Å². The zero-order valence-corrected chi connectivity index (χ0v) is 15.4. The molecule has 0 radical (unpaired) electrons. The Kier molecular flexibility index (Phi) is 5.27. The Morgan fingerprint density at radius 2 is 1.92 bits per heavy atom. The molecule has 1 N–H and O–H groups in total. The molecular formula is C19H19N3O3S. The van der Waals surface area contributed by atoms with Crippen LogP contribution in [0.15, 0.2) is 52.3 Å². The fourth-order valence-electron chi connectivity index (χ4n) is 2.87. The molecule has 2 aromatic rings. The van der Waals surface area contributed by atoms with Gasteiger partial charge in [0.25, 0.3) is 11.6 Å². The van der Waals surface area contributed by atoms with Gasteiger partial charge in [0.2, 0.25) is 0 Å². The van der Waals surface area contributed by atoms with Gasteiger partial charge in [-0.25, -0.2) is 0 Å². The smallest absolute Gasteiger partial charge is 0.270 e. The monoisotopic (exact) mass is 369 g/mol. The average Bonchev–Trinajstić information content (AvgIpc) is 2.64. The third-order valence-electron chi connectivity index (χ3n) is 4.19. The van der Waals surface area contributed by atoms with Crippen LogP contribution in [0.3, 0.4) is 0 Å². The van der Waals surface area contributed by atoms with E-state index in [0.717, 1.165) is 29.4 Å². The standard InChI is InChI=1S/C19H19N3O3S/c1-3-21(4-2)16-10-9-14(22(24)25)11-13(16)12-18-19(23)20-15-7-5-6-8-17(15)26-18/h5-12H,3-4H2,1-2H3,(H,20,23)/b18-12+. The van der Waals surface area contributed by atoms with Crippen LogP contribution in [-0.2, 0) is 4.79 Å². The summed E-state index contributed by atoms with van der Waals surface area (Å²) < 4.78 is 0. The van der Waals surface area contributed by atoms with Crippen molar-refractivity contribution in [2.75, 3.05) is 23.3 Å². The van der Waals surface area contributed by atoms with Crippen LogP contribution in [0, 0.1) is 10.1 Å². The molecule has 3 rings (SSSR count). The first-order valence-corrected chi connectivity index (χ1v) is 9.18. The summed E-state index contributed by atoms with van der Waals surface area (Å²) in [5, 5.41) is 14.0. The van der Waals surface area contributed by atoms with E-state index in [1.165, 1.54) is 23.9 Å². The van der Waals surface area contributed by atoms with Crippen molar-refractivity contribution < 1.29 is 9.72 Å². The number of rotatable bonds is 5. The van der Waals surface area contributed by atoms with E-state index < -0.39 is 4.92 Å². The number of non-ortho nitro benzene ring substituents is 1. The van der Waals surface area contributed by atoms with Crippen molar-refractivity contribution in [3.8, 4) is 0 Å². The van der Waals surface area contributed by atoms with Gasteiger partial charge >= 0.3 is 0 Å². The van der Waals surface area contributed by atoms with Crippen LogP contribution in [0.25, 0.3) is 6.08 Å². The summed E-state index contributed by atoms with van der Waals surface area (Å²) >= 11 is 1.37. The third kappa shape index (κ3) is 3.57. The van der Waals surface area contributed by atoms with Gasteiger partial charge in [-0.15, -0.1) is 0 Å². The summed E-state index contributed by atoms with van der Waals surface area (Å²) in [4.78, 5) is 26.8. The second-order valence-electron chi connectivity index (χ2n) is 5.73. The van der Waals surface area contributed by atoms with Gasteiger partial charge in [-0.05, 0) is 38.1 Å². The molecular weight excluding hydrogens is 350 g/mol. The number of nitrogens with one attached hydrogen (secondary N) is 1. The van der Waals surface area contributed by atoms with E-state index in [4.69, 9.17) is 0 Å². The predicted octanol–water partition coefficient (Wildman–Crippen LogP) is 4.53. The summed E-state index contributed by atoms with van der Waals surface area (Å²) in [5.41, 5.74) is 2.33. The number of carbonyl (C=O) groups is 1. The van der Waals surface area contributed by atoms with Crippen LogP contribution in [0.1, 0.15) is 19.4 Å². The van der Waals surface area contributed by atoms with Crippen molar-refractivity contribution in [1.82, 2.24) is 0 Å². The van der Waals surface area contributed by atoms with Crippen molar-refractivity contribution in [2.45, 2.75) is 18.7 Å². The van der Waals surface area contributed by atoms with E-state index in [2.05, 4.69) is 10.2 Å². The molecule has 0 saturated heterocycles. The minimum absolute atomic E-state index is 0.00868. The maximum absolute atomic E-state index is 12.5. The lowest BCUT2D eigenvalue weighted by molar-refractivity contribution is -0.384. The SMILES string of the molecule is CCN(CC)c1ccc([N+](=O)[O-])cc1/C=C1/Sc2ccccc2NC1=O. The van der Waals surface area contributed by atoms with Gasteiger partial charge in [-0.2, -0.15) is 0 Å². The molecule has 0 saturated carbocycles. The van der Waals surface area contributed by atoms with Crippen molar-refractivity contribution in [3.63, 3.8) is 0 Å². The van der Waals surface area contributed by atoms with Crippen LogP contribution in [-0.4, -0.2) is 23.9 Å². The fourth-order valence-corrected chi connectivity index (χ4v) is 3.81. The van der Waals surface area contributed by atoms with Gasteiger partial charge in [-0.1, -0.05) is 23.9 Å². The molecule has 1 aliphatic heterocycles. The summed E-state index contributed by atoms with van der Waals surface area (Å²) in [6.45, 7) is 5.60. The molecule has 1 amide bonds. The number of fused-ring (bicyclic) bond motifs is 1. The Balaban J connectivity index is 2.07. The summed E-state index contributed by atoms with van der Waals surface area (Å²) in [6, 6.07) is 12.3. The van der Waals surface area contributed by atoms with Crippen LogP contribution in [0.4, 0.5) is 17.1 Å². The number of hydrogen-bond donors (Lipinski definition) is 1. The Labute approximate surface area is 156 Å². The van der Waals surface area contributed by atoms with Gasteiger partial charge in [0.05, 0.1) is 15.5 Å². The molecule has 2 aromatic carbocycles. The number of nitro groups is 1. The average molecular weight is 369 g/mol. The number of hydrogen-bond acceptors (Lipinski definition) is 5. The lowest BCUT2D eigenvalue weighted by Crippen LogP contribution is -2.23. The highest BCUT2D eigenvalue weighted by Gasteiger charge is 2.22. The van der Waals surface area contributed by atoms with Gasteiger partial charge in [-0.3, -0.25) is 14.9 Å². The molecule has 0 bridgehead atoms. The lowest BCUT2D eigenvalue weighted by atomic mass is 10.1. The van der Waals surface area contributed by atoms with E-state index in [0.29, 0.717) is 10.5 Å². The molecule has 1 heterocycles. The molecule has 0 atom stereocenters. The maximum atomic E-state index is 12.5. The van der Waals surface area contributed by atoms with Gasteiger partial charge in [0.1, 0.15) is 0 Å².